The molecule has 0 spiro atoms. The first-order valence-corrected chi connectivity index (χ1v) is 4.20. The predicted octanol–water partition coefficient (Wildman–Crippen LogP) is 1.51. The van der Waals surface area contributed by atoms with Gasteiger partial charge in [0.05, 0.1) is 16.1 Å². The number of nitro benzene ring substituents is 1. The molecule has 0 saturated carbocycles. The number of allylic oxidation sites excluding steroid dienone is 1. The van der Waals surface area contributed by atoms with Crippen LogP contribution in [-0.4, -0.2) is 22.3 Å². The molecule has 0 bridgehead atoms. The summed E-state index contributed by atoms with van der Waals surface area (Å²) in [6.07, 6.45) is 2.83. The van der Waals surface area contributed by atoms with Crippen molar-refractivity contribution in [2.24, 2.45) is 0 Å². The molecule has 16 heavy (non-hydrogen) atoms. The van der Waals surface area contributed by atoms with E-state index in [1.54, 1.807) is 0 Å². The van der Waals surface area contributed by atoms with Crippen molar-refractivity contribution >= 4 is 24.0 Å². The number of nitrogens with zero attached hydrogens (tertiary/aromatic N) is 1. The molecule has 1 aromatic carbocycles. The summed E-state index contributed by atoms with van der Waals surface area (Å²) in [4.78, 5) is 30.6. The van der Waals surface area contributed by atoms with Crippen LogP contribution in [0.3, 0.4) is 0 Å². The van der Waals surface area contributed by atoms with Crippen molar-refractivity contribution in [1.82, 2.24) is 0 Å². The van der Waals surface area contributed by atoms with E-state index in [0.717, 1.165) is 12.1 Å². The Morgan fingerprint density at radius 3 is 2.62 bits per heavy atom. The quantitative estimate of drug-likeness (QED) is 0.359. The Balaban J connectivity index is 3.29. The van der Waals surface area contributed by atoms with Crippen molar-refractivity contribution in [1.29, 1.82) is 0 Å². The smallest absolute Gasteiger partial charge is 0.335 e. The summed E-state index contributed by atoms with van der Waals surface area (Å²) in [5, 5.41) is 19.3. The molecule has 0 aliphatic carbocycles. The molecule has 0 aliphatic heterocycles. The van der Waals surface area contributed by atoms with Crippen molar-refractivity contribution in [2.75, 3.05) is 0 Å². The van der Waals surface area contributed by atoms with Gasteiger partial charge in [0, 0.05) is 6.07 Å². The van der Waals surface area contributed by atoms with E-state index in [1.807, 2.05) is 0 Å². The molecule has 0 atom stereocenters. The van der Waals surface area contributed by atoms with E-state index in [0.29, 0.717) is 6.29 Å². The molecule has 1 N–H and O–H groups in total. The van der Waals surface area contributed by atoms with Crippen LogP contribution in [0.25, 0.3) is 6.08 Å². The molecule has 0 aromatic heterocycles. The first kappa shape index (κ1) is 11.6. The van der Waals surface area contributed by atoms with E-state index < -0.39 is 10.9 Å². The third-order valence-corrected chi connectivity index (χ3v) is 1.83. The molecule has 6 nitrogen and oxygen atoms in total. The van der Waals surface area contributed by atoms with Crippen molar-refractivity contribution in [3.8, 4) is 0 Å². The molecule has 0 amide bonds. The molecule has 0 heterocycles. The van der Waals surface area contributed by atoms with Crippen molar-refractivity contribution in [3.05, 3.63) is 45.5 Å². The second kappa shape index (κ2) is 4.83. The van der Waals surface area contributed by atoms with E-state index >= 15 is 0 Å². The topological polar surface area (TPSA) is 97.5 Å². The first-order chi connectivity index (χ1) is 7.56. The Hall–Kier alpha value is -2.50. The van der Waals surface area contributed by atoms with Crippen LogP contribution >= 0.6 is 0 Å². The fourth-order valence-electron chi connectivity index (χ4n) is 1.12. The number of hydrogen-bond acceptors (Lipinski definition) is 4. The van der Waals surface area contributed by atoms with Gasteiger partial charge in [-0.25, -0.2) is 4.79 Å². The maximum absolute atomic E-state index is 10.7. The average molecular weight is 221 g/mol. The number of benzene rings is 1. The highest BCUT2D eigenvalue weighted by Crippen LogP contribution is 2.21. The monoisotopic (exact) mass is 221 g/mol. The second-order valence-corrected chi connectivity index (χ2v) is 2.83. The number of carbonyl (C=O) groups is 2. The molecule has 1 aromatic rings. The lowest BCUT2D eigenvalue weighted by molar-refractivity contribution is -0.385. The fraction of sp³-hybridized carbons (Fsp3) is 0. The highest BCUT2D eigenvalue weighted by atomic mass is 16.6. The van der Waals surface area contributed by atoms with Crippen LogP contribution in [-0.2, 0) is 4.79 Å². The van der Waals surface area contributed by atoms with Crippen LogP contribution in [0.1, 0.15) is 15.9 Å². The summed E-state index contributed by atoms with van der Waals surface area (Å²) in [7, 11) is 0. The van der Waals surface area contributed by atoms with E-state index in [2.05, 4.69) is 0 Å². The Labute approximate surface area is 90.0 Å². The maximum atomic E-state index is 10.7. The predicted molar refractivity (Wildman–Crippen MR) is 55.2 cm³/mol. The molecule has 0 radical (unpaired) electrons. The summed E-state index contributed by atoms with van der Waals surface area (Å²) in [6.45, 7) is 0. The molecule has 1 rings (SSSR count). The summed E-state index contributed by atoms with van der Waals surface area (Å²) < 4.78 is 0. The lowest BCUT2D eigenvalue weighted by Gasteiger charge is -1.99. The summed E-state index contributed by atoms with van der Waals surface area (Å²) in [6, 6.07) is 3.47. The van der Waals surface area contributed by atoms with Gasteiger partial charge in [0.15, 0.2) is 0 Å². The fourth-order valence-corrected chi connectivity index (χ4v) is 1.12. The SMILES string of the molecule is O=CC=Cc1ccc(C(=O)O)cc1[N+](=O)[O-]. The van der Waals surface area contributed by atoms with Crippen LogP contribution in [0, 0.1) is 10.1 Å². The van der Waals surface area contributed by atoms with Crippen LogP contribution in [0.2, 0.25) is 0 Å². The van der Waals surface area contributed by atoms with Gasteiger partial charge in [-0.05, 0) is 24.3 Å². The average Bonchev–Trinajstić information content (AvgIpc) is 2.25. The highest BCUT2D eigenvalue weighted by Gasteiger charge is 2.15. The molecule has 0 saturated heterocycles. The number of aldehydes is 1. The molecule has 0 unspecified atom stereocenters. The van der Waals surface area contributed by atoms with Crippen molar-refractivity contribution < 1.29 is 19.6 Å². The number of carboxylic acids is 1. The van der Waals surface area contributed by atoms with Gasteiger partial charge in [-0.15, -0.1) is 0 Å². The Morgan fingerprint density at radius 2 is 2.12 bits per heavy atom. The first-order valence-electron chi connectivity index (χ1n) is 4.20. The van der Waals surface area contributed by atoms with Gasteiger partial charge in [-0.3, -0.25) is 14.9 Å². The molecular formula is C10H7NO5. The normalized spacial score (nSPS) is 10.2. The number of carboxylic acid groups (broad SMARTS) is 1. The van der Waals surface area contributed by atoms with Crippen LogP contribution in [0.4, 0.5) is 5.69 Å². The summed E-state index contributed by atoms with van der Waals surface area (Å²) >= 11 is 0. The standard InChI is InChI=1S/C10H7NO5/c12-5-1-2-7-3-4-8(10(13)14)6-9(7)11(15)16/h1-6H,(H,13,14). The van der Waals surface area contributed by atoms with Crippen molar-refractivity contribution in [3.63, 3.8) is 0 Å². The number of nitro groups is 1. The van der Waals surface area contributed by atoms with Gasteiger partial charge in [0.25, 0.3) is 5.69 Å². The van der Waals surface area contributed by atoms with Crippen molar-refractivity contribution in [2.45, 2.75) is 0 Å². The minimum Gasteiger partial charge on any atom is -0.478 e. The molecule has 82 valence electrons. The van der Waals surface area contributed by atoms with Gasteiger partial charge >= 0.3 is 5.97 Å². The zero-order valence-electron chi connectivity index (χ0n) is 7.99. The van der Waals surface area contributed by atoms with Gasteiger partial charge < -0.3 is 5.11 Å². The number of rotatable bonds is 4. The number of aromatic carboxylic acids is 1. The molecular weight excluding hydrogens is 214 g/mol. The largest absolute Gasteiger partial charge is 0.478 e. The van der Waals surface area contributed by atoms with Gasteiger partial charge in [-0.2, -0.15) is 0 Å². The van der Waals surface area contributed by atoms with E-state index in [-0.39, 0.29) is 16.8 Å². The lowest BCUT2D eigenvalue weighted by Crippen LogP contribution is -1.99. The minimum absolute atomic E-state index is 0.171. The Morgan fingerprint density at radius 1 is 1.44 bits per heavy atom. The van der Waals surface area contributed by atoms with Crippen LogP contribution in [0.5, 0.6) is 0 Å². The summed E-state index contributed by atoms with van der Waals surface area (Å²) in [5.41, 5.74) is -0.338. The highest BCUT2D eigenvalue weighted by molar-refractivity contribution is 5.89. The number of carbonyl (C=O) groups excluding carboxylic acids is 1. The van der Waals surface area contributed by atoms with E-state index in [4.69, 9.17) is 5.11 Å². The lowest BCUT2D eigenvalue weighted by atomic mass is 10.1. The molecule has 0 aliphatic rings. The van der Waals surface area contributed by atoms with Gasteiger partial charge in [-0.1, -0.05) is 0 Å². The Kier molecular flexibility index (Phi) is 3.49. The van der Waals surface area contributed by atoms with Crippen LogP contribution in [0.15, 0.2) is 24.3 Å². The van der Waals surface area contributed by atoms with Crippen LogP contribution < -0.4 is 0 Å². The Bertz CT molecular complexity index is 478. The second-order valence-electron chi connectivity index (χ2n) is 2.83. The molecule has 0 fully saturated rings. The number of hydrogen-bond donors (Lipinski definition) is 1. The third kappa shape index (κ3) is 2.50. The van der Waals surface area contributed by atoms with E-state index in [1.165, 1.54) is 18.2 Å². The summed E-state index contributed by atoms with van der Waals surface area (Å²) in [5.74, 6) is -1.24. The van der Waals surface area contributed by atoms with E-state index in [9.17, 15) is 19.7 Å². The van der Waals surface area contributed by atoms with Gasteiger partial charge in [0.2, 0.25) is 0 Å². The zero-order chi connectivity index (χ0) is 12.1. The maximum Gasteiger partial charge on any atom is 0.335 e. The zero-order valence-corrected chi connectivity index (χ0v) is 7.99. The molecule has 6 heteroatoms. The minimum atomic E-state index is -1.24. The van der Waals surface area contributed by atoms with Gasteiger partial charge in [0.1, 0.15) is 6.29 Å². The third-order valence-electron chi connectivity index (χ3n) is 1.83.